The second kappa shape index (κ2) is 7.30. The predicted octanol–water partition coefficient (Wildman–Crippen LogP) is 2.71. The topological polar surface area (TPSA) is 58.4 Å². The number of aromatic nitrogens is 2. The third-order valence-electron chi connectivity index (χ3n) is 3.81. The Morgan fingerprint density at radius 1 is 1.29 bits per heavy atom. The molecule has 0 radical (unpaired) electrons. The summed E-state index contributed by atoms with van der Waals surface area (Å²) < 4.78 is 30.3. The molecule has 3 rings (SSSR count). The maximum Gasteiger partial charge on any atom is 0.243 e. The summed E-state index contributed by atoms with van der Waals surface area (Å²) in [5.74, 6) is 0. The molecule has 6 nitrogen and oxygen atoms in total. The Kier molecular flexibility index (Phi) is 5.52. The van der Waals surface area contributed by atoms with Crippen molar-refractivity contribution in [3.05, 3.63) is 37.7 Å². The molecule has 1 aliphatic rings. The third-order valence-corrected chi connectivity index (χ3v) is 7.42. The van der Waals surface area contributed by atoms with Crippen molar-refractivity contribution in [2.75, 3.05) is 26.2 Å². The van der Waals surface area contributed by atoms with E-state index in [1.807, 2.05) is 13.0 Å². The van der Waals surface area contributed by atoms with E-state index in [2.05, 4.69) is 25.9 Å². The van der Waals surface area contributed by atoms with Crippen LogP contribution in [0.5, 0.6) is 0 Å². The van der Waals surface area contributed by atoms with Crippen LogP contribution >= 0.6 is 39.5 Å². The molecule has 0 unspecified atom stereocenters. The first-order chi connectivity index (χ1) is 11.4. The highest BCUT2D eigenvalue weighted by atomic mass is 79.9. The Labute approximate surface area is 158 Å². The van der Waals surface area contributed by atoms with Crippen molar-refractivity contribution in [2.45, 2.75) is 18.5 Å². The summed E-state index contributed by atoms with van der Waals surface area (Å²) in [7, 11) is -3.45. The number of nitrogens with zero attached hydrogens (tertiary/aromatic N) is 4. The predicted molar refractivity (Wildman–Crippen MR) is 100 cm³/mol. The molecule has 0 atom stereocenters. The summed E-state index contributed by atoms with van der Waals surface area (Å²) in [5.41, 5.74) is 0. The number of rotatable bonds is 4. The minimum atomic E-state index is -3.45. The van der Waals surface area contributed by atoms with E-state index in [-0.39, 0.29) is 0 Å². The quantitative estimate of drug-likeness (QED) is 0.672. The minimum Gasteiger partial charge on any atom is -0.282 e. The van der Waals surface area contributed by atoms with Crippen molar-refractivity contribution in [1.82, 2.24) is 19.0 Å². The molecule has 0 aliphatic carbocycles. The summed E-state index contributed by atoms with van der Waals surface area (Å²) in [6.07, 6.45) is 0. The molecule has 1 saturated heterocycles. The molecule has 0 saturated carbocycles. The second-order valence-electron chi connectivity index (χ2n) is 5.51. The van der Waals surface area contributed by atoms with Gasteiger partial charge in [0.1, 0.15) is 5.01 Å². The van der Waals surface area contributed by atoms with Gasteiger partial charge in [0.2, 0.25) is 10.0 Å². The zero-order chi connectivity index (χ0) is 17.3. The first kappa shape index (κ1) is 18.2. The van der Waals surface area contributed by atoms with Gasteiger partial charge in [-0.2, -0.15) is 9.40 Å². The summed E-state index contributed by atoms with van der Waals surface area (Å²) in [4.78, 5) is 2.49. The van der Waals surface area contributed by atoms with Crippen LogP contribution in [0, 0.1) is 10.9 Å². The second-order valence-corrected chi connectivity index (χ2v) is 10.2. The number of sulfonamides is 1. The Morgan fingerprint density at radius 2 is 2.00 bits per heavy atom. The molecule has 1 aromatic heterocycles. The van der Waals surface area contributed by atoms with Crippen molar-refractivity contribution >= 4 is 49.5 Å². The maximum atomic E-state index is 12.7. The van der Waals surface area contributed by atoms with E-state index in [1.54, 1.807) is 22.9 Å². The first-order valence-electron chi connectivity index (χ1n) is 7.39. The molecule has 10 heteroatoms. The average Bonchev–Trinajstić information content (AvgIpc) is 2.85. The van der Waals surface area contributed by atoms with Crippen LogP contribution in [0.1, 0.15) is 5.01 Å². The van der Waals surface area contributed by atoms with Crippen LogP contribution in [-0.2, 0) is 16.7 Å². The number of hydrogen-bond acceptors (Lipinski definition) is 6. The fraction of sp³-hybridized carbons (Fsp3) is 0.429. The fourth-order valence-electron chi connectivity index (χ4n) is 2.58. The number of piperazine rings is 1. The Balaban J connectivity index is 1.66. The van der Waals surface area contributed by atoms with Gasteiger partial charge in [0.25, 0.3) is 0 Å². The molecule has 2 aromatic rings. The summed E-state index contributed by atoms with van der Waals surface area (Å²) in [6, 6.07) is 6.82. The SMILES string of the molecule is Cc1nn(CN2CCN(S(=O)(=O)c3cccc(Br)c3)CC2)c(=S)s1. The first-order valence-corrected chi connectivity index (χ1v) is 10.8. The van der Waals surface area contributed by atoms with Crippen LogP contribution in [0.25, 0.3) is 0 Å². The van der Waals surface area contributed by atoms with Gasteiger partial charge in [0.05, 0.1) is 11.6 Å². The van der Waals surface area contributed by atoms with Gasteiger partial charge in [-0.3, -0.25) is 4.90 Å². The van der Waals surface area contributed by atoms with Gasteiger partial charge in [0, 0.05) is 30.7 Å². The smallest absolute Gasteiger partial charge is 0.243 e. The molecule has 0 spiro atoms. The van der Waals surface area contributed by atoms with Crippen LogP contribution in [0.15, 0.2) is 33.6 Å². The van der Waals surface area contributed by atoms with E-state index < -0.39 is 10.0 Å². The molecular weight excluding hydrogens is 432 g/mol. The van der Waals surface area contributed by atoms with Gasteiger partial charge >= 0.3 is 0 Å². The highest BCUT2D eigenvalue weighted by Crippen LogP contribution is 2.21. The van der Waals surface area contributed by atoms with Gasteiger partial charge < -0.3 is 0 Å². The lowest BCUT2D eigenvalue weighted by Crippen LogP contribution is -2.48. The molecule has 1 aromatic carbocycles. The lowest BCUT2D eigenvalue weighted by molar-refractivity contribution is 0.145. The summed E-state index contributed by atoms with van der Waals surface area (Å²) in [5, 5.41) is 5.32. The molecule has 1 aliphatic heterocycles. The lowest BCUT2D eigenvalue weighted by Gasteiger charge is -2.33. The van der Waals surface area contributed by atoms with Gasteiger partial charge in [-0.1, -0.05) is 33.3 Å². The van der Waals surface area contributed by atoms with Crippen LogP contribution in [0.2, 0.25) is 0 Å². The maximum absolute atomic E-state index is 12.7. The molecule has 0 N–H and O–H groups in total. The van der Waals surface area contributed by atoms with Gasteiger partial charge in [0.15, 0.2) is 3.95 Å². The number of hydrogen-bond donors (Lipinski definition) is 0. The van der Waals surface area contributed by atoms with Crippen LogP contribution < -0.4 is 0 Å². The van der Waals surface area contributed by atoms with Crippen molar-refractivity contribution < 1.29 is 8.42 Å². The van der Waals surface area contributed by atoms with E-state index in [0.717, 1.165) is 13.4 Å². The normalized spacial score (nSPS) is 17.2. The molecule has 0 bridgehead atoms. The Morgan fingerprint density at radius 3 is 2.58 bits per heavy atom. The van der Waals surface area contributed by atoms with E-state index in [1.165, 1.54) is 15.6 Å². The minimum absolute atomic E-state index is 0.322. The van der Waals surface area contributed by atoms with E-state index in [0.29, 0.717) is 37.7 Å². The number of benzene rings is 1. The molecule has 24 heavy (non-hydrogen) atoms. The third kappa shape index (κ3) is 3.94. The van der Waals surface area contributed by atoms with Gasteiger partial charge in [-0.25, -0.2) is 13.1 Å². The fourth-order valence-corrected chi connectivity index (χ4v) is 5.65. The van der Waals surface area contributed by atoms with Crippen molar-refractivity contribution in [3.8, 4) is 0 Å². The largest absolute Gasteiger partial charge is 0.282 e. The highest BCUT2D eigenvalue weighted by Gasteiger charge is 2.28. The van der Waals surface area contributed by atoms with Crippen LogP contribution in [0.4, 0.5) is 0 Å². The summed E-state index contributed by atoms with van der Waals surface area (Å²) >= 11 is 10.1. The summed E-state index contributed by atoms with van der Waals surface area (Å²) in [6.45, 7) is 4.78. The van der Waals surface area contributed by atoms with Crippen molar-refractivity contribution in [3.63, 3.8) is 0 Å². The van der Waals surface area contributed by atoms with Gasteiger partial charge in [-0.05, 0) is 37.3 Å². The number of halogens is 1. The van der Waals surface area contributed by atoms with Crippen molar-refractivity contribution in [2.24, 2.45) is 0 Å². The average molecular weight is 449 g/mol. The van der Waals surface area contributed by atoms with Crippen LogP contribution in [0.3, 0.4) is 0 Å². The van der Waals surface area contributed by atoms with Crippen molar-refractivity contribution in [1.29, 1.82) is 0 Å². The Bertz CT molecular complexity index is 885. The van der Waals surface area contributed by atoms with E-state index in [4.69, 9.17) is 12.2 Å². The molecule has 1 fully saturated rings. The molecule has 130 valence electrons. The Hall–Kier alpha value is -0.650. The van der Waals surface area contributed by atoms with E-state index >= 15 is 0 Å². The molecule has 2 heterocycles. The van der Waals surface area contributed by atoms with Crippen LogP contribution in [-0.4, -0.2) is 53.6 Å². The lowest BCUT2D eigenvalue weighted by atomic mass is 10.4. The standard InChI is InChI=1S/C14H17BrN4O2S3/c1-11-16-19(14(22)23-11)10-17-5-7-18(8-6-17)24(20,21)13-4-2-3-12(15)9-13/h2-4,9H,5-8,10H2,1H3. The number of aryl methyl sites for hydroxylation is 1. The monoisotopic (exact) mass is 448 g/mol. The molecule has 0 amide bonds. The van der Waals surface area contributed by atoms with Gasteiger partial charge in [-0.15, -0.1) is 0 Å². The highest BCUT2D eigenvalue weighted by molar-refractivity contribution is 9.10. The zero-order valence-corrected chi connectivity index (χ0v) is 17.1. The van der Waals surface area contributed by atoms with E-state index in [9.17, 15) is 8.42 Å². The zero-order valence-electron chi connectivity index (χ0n) is 13.1. The molecular formula is C14H17BrN4O2S3.